The van der Waals surface area contributed by atoms with Gasteiger partial charge in [-0.25, -0.2) is 0 Å². The molecule has 0 aromatic heterocycles. The van der Waals surface area contributed by atoms with Crippen molar-refractivity contribution in [3.8, 4) is 0 Å². The summed E-state index contributed by atoms with van der Waals surface area (Å²) < 4.78 is 102. The number of halogens is 4. The van der Waals surface area contributed by atoms with Gasteiger partial charge in [-0.1, -0.05) is 142 Å². The van der Waals surface area contributed by atoms with E-state index in [0.717, 1.165) is 213 Å². The smallest absolute Gasteiger partial charge is 0.0311 e. The van der Waals surface area contributed by atoms with E-state index < -0.39 is 31.2 Å². The molecule has 0 unspecified atom stereocenters. The van der Waals surface area contributed by atoms with Crippen LogP contribution in [0.3, 0.4) is 0 Å². The van der Waals surface area contributed by atoms with Crippen LogP contribution in [-0.2, 0) is 118 Å². The molecule has 4 aromatic rings. The summed E-state index contributed by atoms with van der Waals surface area (Å²) in [6.45, 7) is 23.2. The summed E-state index contributed by atoms with van der Waals surface area (Å²) in [4.78, 5) is 0. The fraction of sp³-hybridized carbons (Fsp3) is 0.579. The van der Waals surface area contributed by atoms with Crippen molar-refractivity contribution in [1.82, 2.24) is 0 Å². The van der Waals surface area contributed by atoms with Gasteiger partial charge in [-0.15, -0.1) is 13.1 Å². The molecule has 0 bridgehead atoms. The maximum Gasteiger partial charge on any atom is 0.0311 e. The summed E-state index contributed by atoms with van der Waals surface area (Å²) in [7, 11) is -15.5. The maximum absolute atomic E-state index is 8.52. The van der Waals surface area contributed by atoms with Crippen LogP contribution in [-0.4, -0.2) is 223 Å². The Morgan fingerprint density at radius 1 is 0.297 bits per heavy atom. The predicted molar refractivity (Wildman–Crippen MR) is 396 cm³/mol. The van der Waals surface area contributed by atoms with Crippen LogP contribution in [0.5, 0.6) is 0 Å². The molecule has 3 fully saturated rings. The minimum Gasteiger partial charge on any atom is -1.00 e. The van der Waals surface area contributed by atoms with Crippen LogP contribution in [0.4, 0.5) is 45.5 Å². The van der Waals surface area contributed by atoms with Gasteiger partial charge in [0.1, 0.15) is 0 Å². The van der Waals surface area contributed by atoms with Crippen LogP contribution in [0, 0.1) is 0 Å². The van der Waals surface area contributed by atoms with Crippen molar-refractivity contribution in [3.63, 3.8) is 0 Å². The number of hydrogen-bond acceptors (Lipinski definition) is 12. The Balaban J connectivity index is -0.0000000345. The normalized spacial score (nSPS) is 15.0. The van der Waals surface area contributed by atoms with Crippen LogP contribution in [0.2, 0.25) is 0 Å². The zero-order valence-electron chi connectivity index (χ0n) is 55.4. The first-order chi connectivity index (χ1) is 43.9. The molecule has 636 valence electrons. The molecule has 2 radical (unpaired) electrons. The monoisotopic (exact) mass is 1900 g/mol. The molecule has 4 aromatic carbocycles. The second-order valence-electron chi connectivity index (χ2n) is 18.6. The molecule has 0 saturated carbocycles. The van der Waals surface area contributed by atoms with Crippen LogP contribution < -0.4 is 58.8 Å². The van der Waals surface area contributed by atoms with E-state index in [9.17, 15) is 0 Å². The van der Waals surface area contributed by atoms with Gasteiger partial charge >= 0.3 is 0 Å². The first-order valence-corrected chi connectivity index (χ1v) is 33.5. The Bertz CT molecular complexity index is 2340. The molecule has 3 aliphatic rings. The third kappa shape index (κ3) is 107. The van der Waals surface area contributed by atoms with E-state index >= 15 is 0 Å². The molecular weight excluding hydrogens is 1790 g/mol. The van der Waals surface area contributed by atoms with Gasteiger partial charge in [0.2, 0.25) is 0 Å². The summed E-state index contributed by atoms with van der Waals surface area (Å²) >= 11 is 0. The van der Waals surface area contributed by atoms with E-state index in [0.29, 0.717) is 24.5 Å². The summed E-state index contributed by atoms with van der Waals surface area (Å²) in [5, 5.41) is 61.3. The molecule has 0 amide bonds. The Kier molecular flexibility index (Phi) is 107. The number of nitrogens with zero attached hydrogens (tertiary/aromatic N) is 14. The molecule has 7 rings (SSSR count). The van der Waals surface area contributed by atoms with Crippen LogP contribution in [0.15, 0.2) is 97.1 Å². The topological polar surface area (TPSA) is 581 Å². The van der Waals surface area contributed by atoms with Gasteiger partial charge in [0.15, 0.2) is 0 Å². The maximum atomic E-state index is 8.52. The van der Waals surface area contributed by atoms with E-state index in [1.165, 1.54) is 0 Å². The van der Waals surface area contributed by atoms with Crippen molar-refractivity contribution in [2.24, 2.45) is 0 Å². The van der Waals surface area contributed by atoms with Gasteiger partial charge in [-0.05, 0) is 0 Å². The number of para-hydroxylation sites is 2. The molecule has 44 heteroatoms. The minimum atomic E-state index is -5.17. The average Bonchev–Trinajstić information content (AvgIpc) is 0.926. The van der Waals surface area contributed by atoms with Crippen molar-refractivity contribution < 1.29 is 218 Å². The van der Waals surface area contributed by atoms with E-state index in [-0.39, 0.29) is 188 Å². The molecule has 0 atom stereocenters. The van der Waals surface area contributed by atoms with Gasteiger partial charge in [-0.2, -0.15) is 203 Å². The molecule has 0 aliphatic carbocycles. The van der Waals surface area contributed by atoms with Crippen molar-refractivity contribution in [2.45, 2.75) is 44.9 Å². The summed E-state index contributed by atoms with van der Waals surface area (Å²) in [5.74, 6) is 0. The second kappa shape index (κ2) is 87.5. The van der Waals surface area contributed by atoms with Gasteiger partial charge in [0.25, 0.3) is 0 Å². The van der Waals surface area contributed by atoms with Crippen LogP contribution in [0.25, 0.3) is 109 Å². The molecule has 3 saturated heterocycles. The summed E-state index contributed by atoms with van der Waals surface area (Å²) in [5.41, 5.74) is 47.0. The van der Waals surface area contributed by atoms with Crippen molar-refractivity contribution in [1.29, 1.82) is 0 Å². The minimum absolute atomic E-state index is 0. The summed E-state index contributed by atoms with van der Waals surface area (Å²) in [6, 6.07) is 28.0. The van der Waals surface area contributed by atoms with E-state index in [4.69, 9.17) is 87.0 Å². The molecule has 0 spiro atoms. The van der Waals surface area contributed by atoms with E-state index in [1.54, 1.807) is 60.7 Å². The molecule has 6 N–H and O–H groups in total. The fourth-order valence-electron chi connectivity index (χ4n) is 6.62. The Morgan fingerprint density at radius 2 is 0.426 bits per heavy atom. The quantitative estimate of drug-likeness (QED) is 0.0861. The first-order valence-electron chi connectivity index (χ1n) is 29.5. The molecule has 101 heavy (non-hydrogen) atoms. The van der Waals surface area contributed by atoms with Crippen molar-refractivity contribution >= 4 is 76.7 Å². The number of rotatable bonds is 6. The fourth-order valence-corrected chi connectivity index (χ4v) is 6.62. The Labute approximate surface area is 710 Å². The van der Waals surface area contributed by atoms with Crippen LogP contribution in [0.1, 0.15) is 64.9 Å². The van der Waals surface area contributed by atoms with Crippen LogP contribution >= 0.6 is 0 Å². The Hall–Kier alpha value is -1.40. The molecule has 32 nitrogen and oxygen atoms in total. The molecule has 3 heterocycles. The third-order valence-electron chi connectivity index (χ3n) is 10.8. The number of benzene rings is 4. The van der Waals surface area contributed by atoms with Gasteiger partial charge in [0.05, 0.1) is 0 Å². The predicted octanol–water partition coefficient (Wildman–Crippen LogP) is 6.52. The SMILES string of the molecule is C1C[N-]CC[N-]CCC[N-]CC[N-]C1.C1C[N-]CC[N-]CCC[N-]CC[N-]C1.C1C[N-]CC[N-]CCC[N-]CC[N-]C1.O=S(=O)([O-])[O-].O=S(=O)([O-])[O-].O=S(=O)([O-])[O-].[Br-].[Br-].[Cl-].[Cl-].[Cu].[Cu].[HH].[HH].[HH].[HH].[HH].[HH].[HH].[HH].[HH].[HH].[HH].[HH].[HH].[HH].[NH-]c1ccccc1[N-]CCC[N-]c1ccccc1[NH-].[NH-]c1ccccc1[NH-].[NH-]c1ccccc1[NH-].[Ni].[Ni].[Zn]. The average molecular weight is 1910 g/mol. The second-order valence-corrected chi connectivity index (χ2v) is 21.1. The zero-order chi connectivity index (χ0) is 68.7. The van der Waals surface area contributed by atoms with E-state index in [1.807, 2.05) is 36.4 Å². The third-order valence-corrected chi connectivity index (χ3v) is 10.8. The van der Waals surface area contributed by atoms with Crippen molar-refractivity contribution in [2.75, 3.05) is 170 Å². The molecular formula is C57H116Br2Cl2Cu2N20Ni2O12S3Zn-30. The first kappa shape index (κ1) is 123. The van der Waals surface area contributed by atoms with Gasteiger partial charge in [-0.3, -0.25) is 25.3 Å². The Morgan fingerprint density at radius 3 is 0.554 bits per heavy atom. The molecule has 3 aliphatic heterocycles. The van der Waals surface area contributed by atoms with Gasteiger partial charge in [0, 0.05) is 138 Å². The van der Waals surface area contributed by atoms with E-state index in [2.05, 4.69) is 74.4 Å². The zero-order valence-corrected chi connectivity index (χ0v) is 69.4. The standard InChI is InChI=1S/C15H16N4.3C10H20N4.2C6H6N2.2BrH.2ClH.2Cu.2Ni.3H2O4S.Zn.14H2/c16-12-6-1-3-8-14(12)18-10-5-11-19-15-9-4-2-7-13(15)17;3*1-3-11-7-9-13-5-2-6-14-10-8-12-4-1;2*7-5-3-1-2-4-6(5)8;;;;;;;;;3*1-5(2,3)4;;;;;;;;;;;;;;;/h1-4,6-9,16-17H,5,10-11H2;3*1-10H2;2*1-4,7-8H;4*1H;;;;;3*(H2,1,2,3,4);;14*1H/q4*-4;2*-2;;;;;;;;;;;;;;;;;;;;;;;;;;/p-10. The largest absolute Gasteiger partial charge is 1.00 e. The van der Waals surface area contributed by atoms with Crippen molar-refractivity contribution in [3.05, 3.63) is 206 Å². The summed E-state index contributed by atoms with van der Waals surface area (Å²) in [6.07, 6.45) is 7.32. The van der Waals surface area contributed by atoms with Gasteiger partial charge < -0.3 is 195 Å². The number of nitrogens with one attached hydrogen (secondary N) is 6. The number of hydrogen-bond donors (Lipinski definition) is 0.